The molecule has 1 aromatic carbocycles. The first-order chi connectivity index (χ1) is 7.33. The normalized spacial score (nSPS) is 10.5. The fourth-order valence-electron chi connectivity index (χ4n) is 1.40. The molecular formula is C11H12BrN3. The van der Waals surface area contributed by atoms with Crippen LogP contribution >= 0.6 is 15.9 Å². The zero-order valence-corrected chi connectivity index (χ0v) is 10.1. The first-order valence-electron chi connectivity index (χ1n) is 4.90. The Morgan fingerprint density at radius 2 is 2.27 bits per heavy atom. The van der Waals surface area contributed by atoms with Gasteiger partial charge < -0.3 is 0 Å². The van der Waals surface area contributed by atoms with Gasteiger partial charge in [-0.15, -0.1) is 5.10 Å². The van der Waals surface area contributed by atoms with Crippen molar-refractivity contribution in [2.75, 3.05) is 0 Å². The zero-order valence-electron chi connectivity index (χ0n) is 8.52. The molecule has 0 saturated carbocycles. The summed E-state index contributed by atoms with van der Waals surface area (Å²) in [6, 6.07) is 8.33. The number of alkyl halides is 1. The van der Waals surface area contributed by atoms with Crippen molar-refractivity contribution in [3.05, 3.63) is 41.7 Å². The highest BCUT2D eigenvalue weighted by atomic mass is 79.9. The predicted molar refractivity (Wildman–Crippen MR) is 63.4 cm³/mol. The van der Waals surface area contributed by atoms with E-state index in [-0.39, 0.29) is 0 Å². The van der Waals surface area contributed by atoms with E-state index in [0.717, 1.165) is 23.1 Å². The van der Waals surface area contributed by atoms with Gasteiger partial charge in [0.05, 0.1) is 17.6 Å². The Morgan fingerprint density at radius 1 is 1.40 bits per heavy atom. The van der Waals surface area contributed by atoms with Crippen LogP contribution in [0.25, 0.3) is 5.69 Å². The van der Waals surface area contributed by atoms with E-state index in [1.807, 2.05) is 18.3 Å². The molecule has 1 aromatic heterocycles. The fraction of sp³-hybridized carbons (Fsp3) is 0.273. The topological polar surface area (TPSA) is 30.7 Å². The van der Waals surface area contributed by atoms with Crippen molar-refractivity contribution in [1.82, 2.24) is 15.0 Å². The number of rotatable bonds is 3. The van der Waals surface area contributed by atoms with E-state index in [1.165, 1.54) is 5.56 Å². The molecular weight excluding hydrogens is 254 g/mol. The summed E-state index contributed by atoms with van der Waals surface area (Å²) in [5.41, 5.74) is 3.31. The smallest absolute Gasteiger partial charge is 0.0937 e. The minimum atomic E-state index is 0.737. The summed E-state index contributed by atoms with van der Waals surface area (Å²) in [5.74, 6) is 0. The maximum absolute atomic E-state index is 4.07. The largest absolute Gasteiger partial charge is 0.220 e. The lowest BCUT2D eigenvalue weighted by molar-refractivity contribution is 0.799. The zero-order chi connectivity index (χ0) is 10.7. The molecule has 0 amide bonds. The number of aryl methyl sites for hydroxylation is 1. The number of aromatic nitrogens is 3. The Hall–Kier alpha value is -1.16. The molecule has 0 aliphatic rings. The highest BCUT2D eigenvalue weighted by molar-refractivity contribution is 9.08. The summed E-state index contributed by atoms with van der Waals surface area (Å²) in [7, 11) is 0. The monoisotopic (exact) mass is 265 g/mol. The molecule has 0 radical (unpaired) electrons. The summed E-state index contributed by atoms with van der Waals surface area (Å²) < 4.78 is 1.80. The molecule has 0 bridgehead atoms. The Bertz CT molecular complexity index is 451. The molecule has 0 unspecified atom stereocenters. The third-order valence-corrected chi connectivity index (χ3v) is 2.84. The molecule has 2 rings (SSSR count). The van der Waals surface area contributed by atoms with Crippen LogP contribution in [0.3, 0.4) is 0 Å². The van der Waals surface area contributed by atoms with Crippen molar-refractivity contribution in [3.63, 3.8) is 0 Å². The van der Waals surface area contributed by atoms with Crippen LogP contribution in [-0.2, 0) is 11.8 Å². The molecule has 0 N–H and O–H groups in total. The second-order valence-electron chi connectivity index (χ2n) is 3.31. The van der Waals surface area contributed by atoms with Crippen molar-refractivity contribution in [2.45, 2.75) is 18.7 Å². The van der Waals surface area contributed by atoms with Crippen molar-refractivity contribution in [2.24, 2.45) is 0 Å². The second kappa shape index (κ2) is 4.57. The lowest BCUT2D eigenvalue weighted by Gasteiger charge is -2.01. The van der Waals surface area contributed by atoms with Crippen molar-refractivity contribution >= 4 is 15.9 Å². The predicted octanol–water partition coefficient (Wildman–Crippen LogP) is 2.72. The van der Waals surface area contributed by atoms with E-state index in [9.17, 15) is 0 Å². The molecule has 0 spiro atoms. The minimum absolute atomic E-state index is 0.737. The van der Waals surface area contributed by atoms with E-state index < -0.39 is 0 Å². The van der Waals surface area contributed by atoms with E-state index >= 15 is 0 Å². The summed E-state index contributed by atoms with van der Waals surface area (Å²) in [6.07, 6.45) is 2.97. The van der Waals surface area contributed by atoms with Gasteiger partial charge in [-0.1, -0.05) is 40.2 Å². The first kappa shape index (κ1) is 10.4. The van der Waals surface area contributed by atoms with Gasteiger partial charge in [-0.25, -0.2) is 4.68 Å². The van der Waals surface area contributed by atoms with E-state index in [0.29, 0.717) is 0 Å². The van der Waals surface area contributed by atoms with Gasteiger partial charge in [0.15, 0.2) is 0 Å². The third-order valence-electron chi connectivity index (χ3n) is 2.26. The van der Waals surface area contributed by atoms with Crippen LogP contribution in [0, 0.1) is 0 Å². The van der Waals surface area contributed by atoms with Crippen LogP contribution in [0.15, 0.2) is 30.5 Å². The summed E-state index contributed by atoms with van der Waals surface area (Å²) >= 11 is 3.36. The summed E-state index contributed by atoms with van der Waals surface area (Å²) in [6.45, 7) is 2.14. The quantitative estimate of drug-likeness (QED) is 0.800. The number of hydrogen-bond donors (Lipinski definition) is 0. The van der Waals surface area contributed by atoms with Crippen molar-refractivity contribution < 1.29 is 0 Å². The maximum atomic E-state index is 4.07. The molecule has 4 heteroatoms. The summed E-state index contributed by atoms with van der Waals surface area (Å²) in [5, 5.41) is 8.84. The van der Waals surface area contributed by atoms with Gasteiger partial charge in [0.1, 0.15) is 0 Å². The molecule has 0 atom stereocenters. The lowest BCUT2D eigenvalue weighted by atomic mass is 10.1. The summed E-state index contributed by atoms with van der Waals surface area (Å²) in [4.78, 5) is 0. The van der Waals surface area contributed by atoms with Gasteiger partial charge in [0, 0.05) is 5.33 Å². The van der Waals surface area contributed by atoms with Gasteiger partial charge in [0.25, 0.3) is 0 Å². The second-order valence-corrected chi connectivity index (χ2v) is 3.87. The van der Waals surface area contributed by atoms with Crippen LogP contribution in [0.2, 0.25) is 0 Å². The molecule has 0 saturated heterocycles. The van der Waals surface area contributed by atoms with Gasteiger partial charge in [0.2, 0.25) is 0 Å². The highest BCUT2D eigenvalue weighted by Crippen LogP contribution is 2.11. The van der Waals surface area contributed by atoms with Crippen LogP contribution in [-0.4, -0.2) is 15.0 Å². The minimum Gasteiger partial charge on any atom is -0.220 e. The molecule has 3 nitrogen and oxygen atoms in total. The van der Waals surface area contributed by atoms with E-state index in [4.69, 9.17) is 0 Å². The van der Waals surface area contributed by atoms with Gasteiger partial charge in [-0.2, -0.15) is 0 Å². The Kier molecular flexibility index (Phi) is 3.16. The van der Waals surface area contributed by atoms with Crippen LogP contribution in [0.1, 0.15) is 18.2 Å². The third kappa shape index (κ3) is 2.26. The van der Waals surface area contributed by atoms with Crippen LogP contribution in [0.5, 0.6) is 0 Å². The van der Waals surface area contributed by atoms with Gasteiger partial charge in [-0.05, 0) is 24.1 Å². The number of nitrogens with zero attached hydrogens (tertiary/aromatic N) is 3. The first-order valence-corrected chi connectivity index (χ1v) is 6.02. The van der Waals surface area contributed by atoms with E-state index in [2.05, 4.69) is 45.3 Å². The van der Waals surface area contributed by atoms with Gasteiger partial charge in [-0.3, -0.25) is 0 Å². The molecule has 0 aliphatic carbocycles. The number of benzene rings is 1. The maximum Gasteiger partial charge on any atom is 0.0937 e. The molecule has 1 heterocycles. The molecule has 2 aromatic rings. The van der Waals surface area contributed by atoms with Crippen LogP contribution < -0.4 is 0 Å². The highest BCUT2D eigenvalue weighted by Gasteiger charge is 2.01. The van der Waals surface area contributed by atoms with E-state index in [1.54, 1.807) is 4.68 Å². The fourth-order valence-corrected chi connectivity index (χ4v) is 1.66. The van der Waals surface area contributed by atoms with Crippen molar-refractivity contribution in [1.29, 1.82) is 0 Å². The average molecular weight is 266 g/mol. The lowest BCUT2D eigenvalue weighted by Crippen LogP contribution is -1.95. The number of halogens is 1. The van der Waals surface area contributed by atoms with Crippen molar-refractivity contribution in [3.8, 4) is 5.69 Å². The average Bonchev–Trinajstić information content (AvgIpc) is 2.78. The Morgan fingerprint density at radius 3 is 2.93 bits per heavy atom. The van der Waals surface area contributed by atoms with Crippen LogP contribution in [0.4, 0.5) is 0 Å². The Balaban J connectivity index is 2.35. The molecule has 0 aliphatic heterocycles. The SMILES string of the molecule is CCc1cccc(-n2cc(CBr)nn2)c1. The Labute approximate surface area is 97.2 Å². The molecule has 15 heavy (non-hydrogen) atoms. The standard InChI is InChI=1S/C11H12BrN3/c1-2-9-4-3-5-11(6-9)15-8-10(7-12)13-14-15/h3-6,8H,2,7H2,1H3. The molecule has 78 valence electrons. The van der Waals surface area contributed by atoms with Gasteiger partial charge >= 0.3 is 0 Å². The number of hydrogen-bond acceptors (Lipinski definition) is 2. The molecule has 0 fully saturated rings.